The number of carbonyl (C=O) groups excluding carboxylic acids is 5. The van der Waals surface area contributed by atoms with E-state index in [9.17, 15) is 32.4 Å². The first-order valence-corrected chi connectivity index (χ1v) is 20.8. The zero-order valence-corrected chi connectivity index (χ0v) is 32.7. The van der Waals surface area contributed by atoms with E-state index in [2.05, 4.69) is 27.5 Å². The topological polar surface area (TPSA) is 177 Å². The number of rotatable bonds is 6. The number of ether oxygens (including phenoxy) is 2. The van der Waals surface area contributed by atoms with E-state index in [1.807, 2.05) is 26.8 Å². The van der Waals surface area contributed by atoms with E-state index < -0.39 is 80.1 Å². The summed E-state index contributed by atoms with van der Waals surface area (Å²) < 4.78 is 39.4. The minimum Gasteiger partial charge on any atom is -0.460 e. The van der Waals surface area contributed by atoms with E-state index in [0.717, 1.165) is 31.2 Å². The standard InChI is InChI=1S/C39H56N4O9S/c1-7-26-20-39(26,35(47)42-53(49,50)28-14-15-28)41-32(44)30-19-27-21-43(30)33(45)31(37(2,3)4)40-36(48)51-22-38(5,6)16-9-8-11-23-12-10-13-24-17-25(18-29(23)24)34(46)52-27/h10,12-13,25-28,30-31H,7-9,11,14-22H2,1-6H3,(H,40,48)(H,41,44)(H,42,47)/t25?,26-,27-,30+,31-,39-/m1/s1. The fourth-order valence-corrected chi connectivity index (χ4v) is 9.65. The van der Waals surface area contributed by atoms with Crippen molar-refractivity contribution in [2.75, 3.05) is 13.2 Å². The highest BCUT2D eigenvalue weighted by atomic mass is 32.2. The predicted octanol–water partition coefficient (Wildman–Crippen LogP) is 3.70. The van der Waals surface area contributed by atoms with Crippen molar-refractivity contribution < 1.29 is 41.9 Å². The Balaban J connectivity index is 1.28. The first-order valence-electron chi connectivity index (χ1n) is 19.3. The van der Waals surface area contributed by atoms with E-state index in [0.29, 0.717) is 32.1 Å². The van der Waals surface area contributed by atoms with Crippen LogP contribution in [0.3, 0.4) is 0 Å². The number of esters is 1. The lowest BCUT2D eigenvalue weighted by molar-refractivity contribution is -0.154. The first-order chi connectivity index (χ1) is 24.8. The van der Waals surface area contributed by atoms with Crippen molar-refractivity contribution in [3.05, 3.63) is 34.9 Å². The van der Waals surface area contributed by atoms with Gasteiger partial charge in [0.15, 0.2) is 0 Å². The van der Waals surface area contributed by atoms with Crippen LogP contribution in [0.25, 0.3) is 0 Å². The summed E-state index contributed by atoms with van der Waals surface area (Å²) in [7, 11) is -3.87. The number of cyclic esters (lactones) is 1. The van der Waals surface area contributed by atoms with Crippen molar-refractivity contribution in [3.8, 4) is 0 Å². The molecule has 0 radical (unpaired) electrons. The van der Waals surface area contributed by atoms with Gasteiger partial charge >= 0.3 is 12.1 Å². The average Bonchev–Trinajstić information content (AvgIpc) is 3.97. The molecule has 1 aromatic rings. The summed E-state index contributed by atoms with van der Waals surface area (Å²) in [5.41, 5.74) is 0.956. The number of benzene rings is 1. The molecular weight excluding hydrogens is 701 g/mol. The number of aryl methyl sites for hydroxylation is 1. The fourth-order valence-electron chi connectivity index (χ4n) is 8.28. The minimum absolute atomic E-state index is 0.0292. The molecule has 0 spiro atoms. The van der Waals surface area contributed by atoms with Crippen molar-refractivity contribution >= 4 is 39.8 Å². The van der Waals surface area contributed by atoms with Crippen molar-refractivity contribution in [2.45, 2.75) is 141 Å². The lowest BCUT2D eigenvalue weighted by Crippen LogP contribution is -2.60. The maximum Gasteiger partial charge on any atom is 0.407 e. The summed E-state index contributed by atoms with van der Waals surface area (Å²) in [4.78, 5) is 70.6. The molecule has 53 heavy (non-hydrogen) atoms. The van der Waals surface area contributed by atoms with Gasteiger partial charge in [-0.3, -0.25) is 23.9 Å². The normalized spacial score (nSPS) is 30.8. The van der Waals surface area contributed by atoms with Gasteiger partial charge in [0.1, 0.15) is 23.7 Å². The molecule has 4 bridgehead atoms. The van der Waals surface area contributed by atoms with Crippen LogP contribution in [0.4, 0.5) is 4.79 Å². The van der Waals surface area contributed by atoms with Crippen LogP contribution >= 0.6 is 0 Å². The van der Waals surface area contributed by atoms with Gasteiger partial charge in [-0.05, 0) is 84.8 Å². The lowest BCUT2D eigenvalue weighted by Gasteiger charge is -2.35. The van der Waals surface area contributed by atoms with E-state index in [1.165, 1.54) is 16.0 Å². The molecule has 0 aromatic heterocycles. The highest BCUT2D eigenvalue weighted by Crippen LogP contribution is 2.47. The van der Waals surface area contributed by atoms with Crippen LogP contribution in [0.5, 0.6) is 0 Å². The molecule has 3 N–H and O–H groups in total. The summed E-state index contributed by atoms with van der Waals surface area (Å²) in [5, 5.41) is 4.97. The van der Waals surface area contributed by atoms with Crippen LogP contribution in [0, 0.1) is 22.7 Å². The summed E-state index contributed by atoms with van der Waals surface area (Å²) in [6.07, 6.45) is 4.77. The number of carbonyl (C=O) groups is 5. The van der Waals surface area contributed by atoms with Crippen molar-refractivity contribution in [2.24, 2.45) is 22.7 Å². The molecule has 1 unspecified atom stereocenters. The van der Waals surface area contributed by atoms with Gasteiger partial charge in [-0.2, -0.15) is 0 Å². The average molecular weight is 757 g/mol. The van der Waals surface area contributed by atoms with Crippen LogP contribution in [0.15, 0.2) is 18.2 Å². The van der Waals surface area contributed by atoms with Crippen LogP contribution in [0.1, 0.15) is 110 Å². The van der Waals surface area contributed by atoms with Gasteiger partial charge < -0.3 is 25.0 Å². The van der Waals surface area contributed by atoms with Crippen LogP contribution in [0.2, 0.25) is 0 Å². The predicted molar refractivity (Wildman–Crippen MR) is 196 cm³/mol. The number of hydrogen-bond donors (Lipinski definition) is 3. The molecular formula is C39H56N4O9S. The number of hydrogen-bond acceptors (Lipinski definition) is 9. The molecule has 2 aliphatic heterocycles. The maximum atomic E-state index is 14.5. The lowest BCUT2D eigenvalue weighted by atomic mass is 9.85. The molecule has 5 aliphatic rings. The molecule has 1 aromatic carbocycles. The number of fused-ring (bicyclic) bond motifs is 3. The second kappa shape index (κ2) is 14.5. The zero-order chi connectivity index (χ0) is 38.5. The molecule has 2 saturated carbocycles. The Kier molecular flexibility index (Phi) is 10.7. The van der Waals surface area contributed by atoms with E-state index in [4.69, 9.17) is 9.47 Å². The molecule has 2 heterocycles. The molecule has 3 fully saturated rings. The third kappa shape index (κ3) is 8.52. The van der Waals surface area contributed by atoms with Gasteiger partial charge in [-0.1, -0.05) is 72.6 Å². The molecule has 3 aliphatic carbocycles. The Morgan fingerprint density at radius 1 is 1.06 bits per heavy atom. The summed E-state index contributed by atoms with van der Waals surface area (Å²) in [6, 6.07) is 3.93. The number of alkyl carbamates (subject to hydrolysis) is 1. The number of nitrogens with one attached hydrogen (secondary N) is 3. The molecule has 6 atom stereocenters. The van der Waals surface area contributed by atoms with Crippen molar-refractivity contribution in [1.29, 1.82) is 0 Å². The number of sulfonamides is 1. The molecule has 14 heteroatoms. The number of nitrogens with zero attached hydrogens (tertiary/aromatic N) is 1. The Hall–Kier alpha value is -3.68. The third-order valence-corrected chi connectivity index (χ3v) is 13.6. The Bertz CT molecular complexity index is 1750. The molecule has 1 saturated heterocycles. The molecule has 292 valence electrons. The second-order valence-corrected chi connectivity index (χ2v) is 19.8. The van der Waals surface area contributed by atoms with Crippen molar-refractivity contribution in [3.63, 3.8) is 0 Å². The first kappa shape index (κ1) is 39.0. The zero-order valence-electron chi connectivity index (χ0n) is 31.9. The van der Waals surface area contributed by atoms with Gasteiger partial charge in [0, 0.05) is 6.42 Å². The summed E-state index contributed by atoms with van der Waals surface area (Å²) in [6.45, 7) is 11.4. The van der Waals surface area contributed by atoms with E-state index in [1.54, 1.807) is 20.8 Å². The maximum absolute atomic E-state index is 14.5. The summed E-state index contributed by atoms with van der Waals surface area (Å²) in [5.74, 6) is -3.09. The van der Waals surface area contributed by atoms with Gasteiger partial charge in [-0.25, -0.2) is 13.2 Å². The van der Waals surface area contributed by atoms with E-state index in [-0.39, 0.29) is 37.3 Å². The molecule has 4 amide bonds. The smallest absolute Gasteiger partial charge is 0.407 e. The Labute approximate surface area is 313 Å². The molecule has 13 nitrogen and oxygen atoms in total. The Morgan fingerprint density at radius 3 is 2.43 bits per heavy atom. The highest BCUT2D eigenvalue weighted by molar-refractivity contribution is 7.91. The summed E-state index contributed by atoms with van der Waals surface area (Å²) >= 11 is 0. The third-order valence-electron chi connectivity index (χ3n) is 11.8. The highest BCUT2D eigenvalue weighted by Gasteiger charge is 2.62. The van der Waals surface area contributed by atoms with Crippen LogP contribution < -0.4 is 15.4 Å². The monoisotopic (exact) mass is 756 g/mol. The van der Waals surface area contributed by atoms with Crippen molar-refractivity contribution in [1.82, 2.24) is 20.3 Å². The van der Waals surface area contributed by atoms with Gasteiger partial charge in [0.2, 0.25) is 21.8 Å². The minimum atomic E-state index is -3.87. The van der Waals surface area contributed by atoms with Gasteiger partial charge in [0.25, 0.3) is 5.91 Å². The van der Waals surface area contributed by atoms with Gasteiger partial charge in [0.05, 0.1) is 24.3 Å². The molecule has 6 rings (SSSR count). The fraction of sp³-hybridized carbons (Fsp3) is 0.718. The largest absolute Gasteiger partial charge is 0.460 e. The van der Waals surface area contributed by atoms with Crippen LogP contribution in [-0.4, -0.2) is 85.2 Å². The van der Waals surface area contributed by atoms with Crippen LogP contribution in [-0.2, 0) is 57.9 Å². The quantitative estimate of drug-likeness (QED) is 0.366. The number of amides is 4. The van der Waals surface area contributed by atoms with E-state index >= 15 is 0 Å². The Morgan fingerprint density at radius 2 is 1.77 bits per heavy atom. The van der Waals surface area contributed by atoms with Gasteiger partial charge in [-0.15, -0.1) is 0 Å². The second-order valence-electron chi connectivity index (χ2n) is 17.8. The SMILES string of the molecule is CC[C@@H]1C[C@]1(NC(=O)[C@@H]1C[C@@H]2CN1C(=O)[C@H](C(C)(C)C)NC(=O)OCC(C)(C)CCCCc1cccc3c1CC(C3)C(=O)O2)C(=O)NS(=O)(=O)C1CC1.